The maximum absolute atomic E-state index is 5.27. The zero-order valence-corrected chi connectivity index (χ0v) is 15.0. The number of methoxy groups -OCH3 is 1. The molecule has 24 heavy (non-hydrogen) atoms. The highest BCUT2D eigenvalue weighted by Gasteiger charge is 2.13. The summed E-state index contributed by atoms with van der Waals surface area (Å²) in [5.41, 5.74) is 2.60. The van der Waals surface area contributed by atoms with Gasteiger partial charge in [-0.2, -0.15) is 0 Å². The number of hydrogen-bond acceptors (Lipinski definition) is 1. The third kappa shape index (κ3) is 5.15. The molecule has 2 aromatic rings. The molecule has 1 unspecified atom stereocenters. The van der Waals surface area contributed by atoms with Gasteiger partial charge >= 0.3 is 0 Å². The van der Waals surface area contributed by atoms with Gasteiger partial charge in [-0.25, -0.2) is 0 Å². The van der Waals surface area contributed by atoms with E-state index in [0.29, 0.717) is 5.92 Å². The topological polar surface area (TPSA) is 13.7 Å². The van der Waals surface area contributed by atoms with Crippen molar-refractivity contribution in [2.45, 2.75) is 26.2 Å². The molecule has 2 aromatic carbocycles. The van der Waals surface area contributed by atoms with Gasteiger partial charge in [0.1, 0.15) is 12.3 Å². The molecule has 1 atom stereocenters. The Morgan fingerprint density at radius 2 is 1.50 bits per heavy atom. The van der Waals surface area contributed by atoms with Gasteiger partial charge in [0.25, 0.3) is 0 Å². The summed E-state index contributed by atoms with van der Waals surface area (Å²) < 4.78 is 5.27. The average molecular weight is 322 g/mol. The summed E-state index contributed by atoms with van der Waals surface area (Å²) in [6.07, 6.45) is 0.844. The van der Waals surface area contributed by atoms with Gasteiger partial charge in [-0.3, -0.25) is 0 Å². The maximum Gasteiger partial charge on any atom is 0.139 e. The first-order valence-corrected chi connectivity index (χ1v) is 8.76. The van der Waals surface area contributed by atoms with Crippen LogP contribution in [0.4, 0.5) is 0 Å². The summed E-state index contributed by atoms with van der Waals surface area (Å²) in [7, 11) is 1.70. The van der Waals surface area contributed by atoms with Gasteiger partial charge in [-0.15, -0.1) is 0 Å². The fraction of sp³-hybridized carbons (Fsp3) is 0.364. The number of ether oxygens (including phenoxy) is 1. The van der Waals surface area contributed by atoms with E-state index >= 15 is 0 Å². The van der Waals surface area contributed by atoms with Crippen molar-refractivity contribution in [1.29, 1.82) is 0 Å². The van der Waals surface area contributed by atoms with Gasteiger partial charge in [0.2, 0.25) is 0 Å². The minimum Gasteiger partial charge on any atom is -0.497 e. The van der Waals surface area contributed by atoms with E-state index < -0.39 is 0 Å². The van der Waals surface area contributed by atoms with Crippen LogP contribution in [0.1, 0.15) is 37.3 Å². The molecule has 0 saturated carbocycles. The molecular formula is C22H28NO+. The first-order chi connectivity index (χ1) is 11.8. The van der Waals surface area contributed by atoms with Crippen LogP contribution in [0, 0.1) is 11.8 Å². The van der Waals surface area contributed by atoms with Crippen LogP contribution in [-0.4, -0.2) is 26.7 Å². The average Bonchev–Trinajstić information content (AvgIpc) is 2.66. The van der Waals surface area contributed by atoms with Crippen molar-refractivity contribution < 1.29 is 9.64 Å². The normalized spacial score (nSPS) is 11.7. The standard InChI is InChI=1S/C22H27NO/c1-4-23(5-2)18-10-9-13-22(19-11-7-6-8-12-19)20-14-16-21(24-3)17-15-20/h6-8,11-12,14-17,22H,4-5,13,18H2,1-3H3/p+1. The highest BCUT2D eigenvalue weighted by Crippen LogP contribution is 2.28. The monoisotopic (exact) mass is 322 g/mol. The lowest BCUT2D eigenvalue weighted by molar-refractivity contribution is -0.889. The molecule has 2 rings (SSSR count). The lowest BCUT2D eigenvalue weighted by atomic mass is 9.89. The molecule has 0 aliphatic carbocycles. The molecule has 2 nitrogen and oxygen atoms in total. The van der Waals surface area contributed by atoms with Gasteiger partial charge < -0.3 is 9.64 Å². The molecule has 0 aliphatic rings. The van der Waals surface area contributed by atoms with E-state index in [0.717, 1.165) is 31.8 Å². The van der Waals surface area contributed by atoms with Gasteiger partial charge in [0.15, 0.2) is 0 Å². The Balaban J connectivity index is 2.16. The summed E-state index contributed by atoms with van der Waals surface area (Å²) in [5, 5.41) is 0. The Hall–Kier alpha value is -2.24. The van der Waals surface area contributed by atoms with Gasteiger partial charge in [0.05, 0.1) is 20.2 Å². The van der Waals surface area contributed by atoms with Crippen LogP contribution in [0.5, 0.6) is 5.75 Å². The highest BCUT2D eigenvalue weighted by molar-refractivity contribution is 5.37. The summed E-state index contributed by atoms with van der Waals surface area (Å²) in [4.78, 5) is 1.53. The number of rotatable bonds is 7. The van der Waals surface area contributed by atoms with Crippen molar-refractivity contribution in [3.05, 3.63) is 65.7 Å². The number of nitrogens with one attached hydrogen (secondary N) is 1. The summed E-state index contributed by atoms with van der Waals surface area (Å²) in [5.74, 6) is 7.97. The third-order valence-corrected chi connectivity index (χ3v) is 4.49. The minimum absolute atomic E-state index is 0.302. The van der Waals surface area contributed by atoms with Crippen molar-refractivity contribution >= 4 is 0 Å². The van der Waals surface area contributed by atoms with Crippen LogP contribution < -0.4 is 9.64 Å². The second kappa shape index (κ2) is 9.80. The quantitative estimate of drug-likeness (QED) is 0.773. The molecular weight excluding hydrogens is 294 g/mol. The zero-order valence-electron chi connectivity index (χ0n) is 15.0. The van der Waals surface area contributed by atoms with Crippen LogP contribution in [0.15, 0.2) is 54.6 Å². The van der Waals surface area contributed by atoms with E-state index in [4.69, 9.17) is 4.74 Å². The second-order valence-corrected chi connectivity index (χ2v) is 5.93. The highest BCUT2D eigenvalue weighted by atomic mass is 16.5. The van der Waals surface area contributed by atoms with E-state index in [9.17, 15) is 0 Å². The summed E-state index contributed by atoms with van der Waals surface area (Å²) in [6.45, 7) is 7.62. The maximum atomic E-state index is 5.27. The number of benzene rings is 2. The molecule has 0 aromatic heterocycles. The van der Waals surface area contributed by atoms with Crippen LogP contribution in [0.25, 0.3) is 0 Å². The molecule has 0 spiro atoms. The van der Waals surface area contributed by atoms with Crippen molar-refractivity contribution in [3.63, 3.8) is 0 Å². The van der Waals surface area contributed by atoms with Crippen LogP contribution >= 0.6 is 0 Å². The first kappa shape index (κ1) is 18.1. The molecule has 0 bridgehead atoms. The van der Waals surface area contributed by atoms with E-state index in [1.165, 1.54) is 16.0 Å². The van der Waals surface area contributed by atoms with Crippen molar-refractivity contribution in [3.8, 4) is 17.6 Å². The van der Waals surface area contributed by atoms with E-state index in [-0.39, 0.29) is 0 Å². The SMILES string of the molecule is CC[NH+](CC)CC#CCC(c1ccccc1)c1ccc(OC)cc1. The summed E-state index contributed by atoms with van der Waals surface area (Å²) >= 11 is 0. The molecule has 0 aliphatic heterocycles. The van der Waals surface area contributed by atoms with Crippen molar-refractivity contribution in [2.24, 2.45) is 0 Å². The largest absolute Gasteiger partial charge is 0.497 e. The Bertz CT molecular complexity index is 648. The number of hydrogen-bond donors (Lipinski definition) is 1. The van der Waals surface area contributed by atoms with Crippen molar-refractivity contribution in [1.82, 2.24) is 0 Å². The van der Waals surface area contributed by atoms with Crippen LogP contribution in [0.3, 0.4) is 0 Å². The Labute approximate surface area is 146 Å². The van der Waals surface area contributed by atoms with Gasteiger partial charge in [-0.1, -0.05) is 48.4 Å². The molecule has 0 radical (unpaired) electrons. The zero-order chi connectivity index (χ0) is 17.2. The van der Waals surface area contributed by atoms with Gasteiger partial charge in [0, 0.05) is 12.3 Å². The fourth-order valence-corrected chi connectivity index (χ4v) is 2.81. The molecule has 0 amide bonds. The smallest absolute Gasteiger partial charge is 0.139 e. The number of quaternary nitrogens is 1. The van der Waals surface area contributed by atoms with E-state index in [1.54, 1.807) is 7.11 Å². The van der Waals surface area contributed by atoms with Gasteiger partial charge in [-0.05, 0) is 43.0 Å². The molecule has 2 heteroatoms. The van der Waals surface area contributed by atoms with Crippen molar-refractivity contribution in [2.75, 3.05) is 26.7 Å². The van der Waals surface area contributed by atoms with E-state index in [1.807, 2.05) is 12.1 Å². The lowest BCUT2D eigenvalue weighted by Crippen LogP contribution is -3.11. The predicted molar refractivity (Wildman–Crippen MR) is 101 cm³/mol. The Morgan fingerprint density at radius 1 is 0.875 bits per heavy atom. The molecule has 0 saturated heterocycles. The first-order valence-electron chi connectivity index (χ1n) is 8.76. The molecule has 0 heterocycles. The second-order valence-electron chi connectivity index (χ2n) is 5.93. The Kier molecular flexibility index (Phi) is 7.39. The molecule has 126 valence electrons. The minimum atomic E-state index is 0.302. The fourth-order valence-electron chi connectivity index (χ4n) is 2.81. The van der Waals surface area contributed by atoms with Crippen LogP contribution in [0.2, 0.25) is 0 Å². The van der Waals surface area contributed by atoms with Crippen LogP contribution in [-0.2, 0) is 0 Å². The Morgan fingerprint density at radius 3 is 2.08 bits per heavy atom. The third-order valence-electron chi connectivity index (χ3n) is 4.49. The van der Waals surface area contributed by atoms with E-state index in [2.05, 4.69) is 68.2 Å². The predicted octanol–water partition coefficient (Wildman–Crippen LogP) is 3.15. The molecule has 0 fully saturated rings. The lowest BCUT2D eigenvalue weighted by Gasteiger charge is -2.16. The summed E-state index contributed by atoms with van der Waals surface area (Å²) in [6, 6.07) is 19.0. The molecule has 1 N–H and O–H groups in total.